The molecular formula is C26H24F3N3O3. The van der Waals surface area contributed by atoms with Gasteiger partial charge in [-0.3, -0.25) is 9.59 Å². The summed E-state index contributed by atoms with van der Waals surface area (Å²) < 4.78 is 45.4. The fourth-order valence-corrected chi connectivity index (χ4v) is 4.96. The highest BCUT2D eigenvalue weighted by molar-refractivity contribution is 5.92. The number of halogens is 3. The molecule has 1 N–H and O–H groups in total. The lowest BCUT2D eigenvalue weighted by Gasteiger charge is -2.49. The number of nitrogens with one attached hydrogen (secondary N) is 1. The van der Waals surface area contributed by atoms with Crippen molar-refractivity contribution in [1.82, 2.24) is 10.2 Å². The molecule has 0 bridgehead atoms. The van der Waals surface area contributed by atoms with E-state index in [0.29, 0.717) is 30.9 Å². The lowest BCUT2D eigenvalue weighted by atomic mass is 9.82. The number of fused-ring (bicyclic) bond motifs is 3. The van der Waals surface area contributed by atoms with Crippen LogP contribution in [-0.2, 0) is 23.9 Å². The number of furan rings is 1. The van der Waals surface area contributed by atoms with Gasteiger partial charge in [0.25, 0.3) is 5.91 Å². The number of rotatable bonds is 4. The van der Waals surface area contributed by atoms with E-state index < -0.39 is 17.7 Å². The Bertz CT molecular complexity index is 1210. The number of piperazine rings is 1. The van der Waals surface area contributed by atoms with Crippen molar-refractivity contribution in [2.75, 3.05) is 24.5 Å². The first-order chi connectivity index (χ1) is 16.8. The average Bonchev–Trinajstić information content (AvgIpc) is 3.41. The fraction of sp³-hybridized carbons (Fsp3) is 0.308. The maximum atomic E-state index is 13.4. The molecule has 0 radical (unpaired) electrons. The molecule has 6 nitrogen and oxygen atoms in total. The van der Waals surface area contributed by atoms with E-state index >= 15 is 0 Å². The summed E-state index contributed by atoms with van der Waals surface area (Å²) in [4.78, 5) is 29.9. The second kappa shape index (κ2) is 9.13. The van der Waals surface area contributed by atoms with Crippen molar-refractivity contribution in [3.63, 3.8) is 0 Å². The number of hydrogen-bond donors (Lipinski definition) is 1. The molecule has 182 valence electrons. The topological polar surface area (TPSA) is 65.8 Å². The summed E-state index contributed by atoms with van der Waals surface area (Å²) in [7, 11) is 0. The molecular weight excluding hydrogens is 459 g/mol. The Morgan fingerprint density at radius 3 is 2.54 bits per heavy atom. The zero-order valence-electron chi connectivity index (χ0n) is 18.8. The number of carbonyl (C=O) groups is 2. The first-order valence-corrected chi connectivity index (χ1v) is 11.4. The average molecular weight is 483 g/mol. The lowest BCUT2D eigenvalue weighted by molar-refractivity contribution is -0.137. The summed E-state index contributed by atoms with van der Waals surface area (Å²) in [6.07, 6.45) is -2.88. The minimum absolute atomic E-state index is 0.157. The summed E-state index contributed by atoms with van der Waals surface area (Å²) in [5.41, 5.74) is 1.36. The lowest BCUT2D eigenvalue weighted by Crippen LogP contribution is -2.62. The van der Waals surface area contributed by atoms with Crippen LogP contribution in [-0.4, -0.2) is 42.4 Å². The third-order valence-electron chi connectivity index (χ3n) is 6.70. The molecule has 1 saturated heterocycles. The third kappa shape index (κ3) is 4.62. The van der Waals surface area contributed by atoms with Gasteiger partial charge < -0.3 is 19.5 Å². The van der Waals surface area contributed by atoms with E-state index in [2.05, 4.69) is 5.32 Å². The predicted molar refractivity (Wildman–Crippen MR) is 123 cm³/mol. The summed E-state index contributed by atoms with van der Waals surface area (Å²) in [5.74, 6) is -0.924. The molecule has 2 aliphatic rings. The fourth-order valence-electron chi connectivity index (χ4n) is 4.96. The Balaban J connectivity index is 1.43. The number of amides is 2. The molecule has 3 aromatic rings. The zero-order valence-corrected chi connectivity index (χ0v) is 18.8. The molecule has 3 heterocycles. The second-order valence-corrected chi connectivity index (χ2v) is 8.84. The van der Waals surface area contributed by atoms with Gasteiger partial charge in [0.05, 0.1) is 23.8 Å². The summed E-state index contributed by atoms with van der Waals surface area (Å²) in [6, 6.07) is 16.0. The van der Waals surface area contributed by atoms with E-state index in [1.165, 1.54) is 12.3 Å². The highest BCUT2D eigenvalue weighted by atomic mass is 19.4. The summed E-state index contributed by atoms with van der Waals surface area (Å²) in [5, 5.41) is 2.94. The Morgan fingerprint density at radius 2 is 1.83 bits per heavy atom. The van der Waals surface area contributed by atoms with E-state index in [-0.39, 0.29) is 36.6 Å². The van der Waals surface area contributed by atoms with Gasteiger partial charge in [-0.25, -0.2) is 0 Å². The van der Waals surface area contributed by atoms with Crippen LogP contribution in [0.15, 0.2) is 71.3 Å². The maximum absolute atomic E-state index is 13.4. The van der Waals surface area contributed by atoms with Crippen LogP contribution in [0, 0.1) is 5.92 Å². The third-order valence-corrected chi connectivity index (χ3v) is 6.70. The molecule has 0 spiro atoms. The minimum Gasteiger partial charge on any atom is -0.459 e. The van der Waals surface area contributed by atoms with Gasteiger partial charge in [-0.1, -0.05) is 30.3 Å². The van der Waals surface area contributed by atoms with Crippen LogP contribution in [0.4, 0.5) is 18.9 Å². The smallest absolute Gasteiger partial charge is 0.416 e. The number of nitrogens with zero attached hydrogens (tertiary/aromatic N) is 2. The number of hydrogen-bond acceptors (Lipinski definition) is 4. The van der Waals surface area contributed by atoms with Gasteiger partial charge in [-0.15, -0.1) is 0 Å². The van der Waals surface area contributed by atoms with Gasteiger partial charge in [0, 0.05) is 31.9 Å². The largest absolute Gasteiger partial charge is 0.459 e. The normalized spacial score (nSPS) is 19.6. The van der Waals surface area contributed by atoms with E-state index in [1.807, 2.05) is 35.2 Å². The highest BCUT2D eigenvalue weighted by Gasteiger charge is 2.43. The van der Waals surface area contributed by atoms with Crippen molar-refractivity contribution in [3.05, 3.63) is 89.4 Å². The monoisotopic (exact) mass is 483 g/mol. The van der Waals surface area contributed by atoms with Crippen molar-refractivity contribution >= 4 is 17.5 Å². The molecule has 0 unspecified atom stereocenters. The zero-order chi connectivity index (χ0) is 24.6. The Morgan fingerprint density at radius 1 is 1.03 bits per heavy atom. The van der Waals surface area contributed by atoms with E-state index in [0.717, 1.165) is 17.7 Å². The maximum Gasteiger partial charge on any atom is 0.416 e. The van der Waals surface area contributed by atoms with E-state index in [9.17, 15) is 22.8 Å². The summed E-state index contributed by atoms with van der Waals surface area (Å²) in [6.45, 7) is 1.35. The molecule has 0 saturated carbocycles. The number of carbonyl (C=O) groups excluding carboxylic acids is 2. The summed E-state index contributed by atoms with van der Waals surface area (Å²) >= 11 is 0. The van der Waals surface area contributed by atoms with Crippen LogP contribution in [0.2, 0.25) is 0 Å². The Hall–Kier alpha value is -3.75. The van der Waals surface area contributed by atoms with Crippen molar-refractivity contribution in [3.8, 4) is 0 Å². The molecule has 2 aliphatic heterocycles. The van der Waals surface area contributed by atoms with Gasteiger partial charge in [-0.2, -0.15) is 13.2 Å². The first kappa shape index (κ1) is 23.0. The SMILES string of the molecule is O=C(NCc1ccccc1)[C@H]1Cc2cc(C(F)(F)F)ccc2N2CCN(C(=O)c3ccco3)C[C@H]12. The van der Waals surface area contributed by atoms with E-state index in [1.54, 1.807) is 17.0 Å². The Labute approximate surface area is 200 Å². The Kier molecular flexibility index (Phi) is 6.00. The first-order valence-electron chi connectivity index (χ1n) is 11.4. The quantitative estimate of drug-likeness (QED) is 0.607. The molecule has 1 fully saturated rings. The van der Waals surface area contributed by atoms with Crippen LogP contribution >= 0.6 is 0 Å². The number of alkyl halides is 3. The van der Waals surface area contributed by atoms with Gasteiger partial charge in [0.15, 0.2) is 5.76 Å². The van der Waals surface area contributed by atoms with E-state index in [4.69, 9.17) is 4.42 Å². The van der Waals surface area contributed by atoms with Gasteiger partial charge >= 0.3 is 6.18 Å². The van der Waals surface area contributed by atoms with Crippen molar-refractivity contribution in [2.45, 2.75) is 25.2 Å². The molecule has 35 heavy (non-hydrogen) atoms. The molecule has 2 amide bonds. The van der Waals surface area contributed by atoms with Crippen molar-refractivity contribution < 1.29 is 27.2 Å². The van der Waals surface area contributed by atoms with Gasteiger partial charge in [0.2, 0.25) is 5.91 Å². The minimum atomic E-state index is -4.47. The standard InChI is InChI=1S/C26H24F3N3O3/c27-26(28,29)19-8-9-21-18(13-19)14-20(24(33)30-15-17-5-2-1-3-6-17)22-16-31(10-11-32(21)22)25(34)23-7-4-12-35-23/h1-9,12-13,20,22H,10-11,14-16H2,(H,30,33)/t20-,22+/m0/s1. The van der Waals surface area contributed by atoms with Gasteiger partial charge in [-0.05, 0) is 47.9 Å². The number of anilines is 1. The van der Waals surface area contributed by atoms with Crippen LogP contribution in [0.25, 0.3) is 0 Å². The molecule has 0 aliphatic carbocycles. The van der Waals surface area contributed by atoms with Gasteiger partial charge in [0.1, 0.15) is 0 Å². The molecule has 9 heteroatoms. The van der Waals surface area contributed by atoms with Crippen molar-refractivity contribution in [2.24, 2.45) is 5.92 Å². The van der Waals surface area contributed by atoms with Crippen LogP contribution in [0.5, 0.6) is 0 Å². The second-order valence-electron chi connectivity index (χ2n) is 8.84. The molecule has 5 rings (SSSR count). The molecule has 2 aromatic carbocycles. The highest BCUT2D eigenvalue weighted by Crippen LogP contribution is 2.40. The number of benzene rings is 2. The van der Waals surface area contributed by atoms with Crippen LogP contribution in [0.1, 0.15) is 27.2 Å². The van der Waals surface area contributed by atoms with Crippen LogP contribution in [0.3, 0.4) is 0 Å². The van der Waals surface area contributed by atoms with Crippen molar-refractivity contribution in [1.29, 1.82) is 0 Å². The molecule has 1 aromatic heterocycles. The molecule has 2 atom stereocenters. The predicted octanol–water partition coefficient (Wildman–Crippen LogP) is 4.12. The van der Waals surface area contributed by atoms with Crippen LogP contribution < -0.4 is 10.2 Å².